The van der Waals surface area contributed by atoms with Crippen molar-refractivity contribution < 1.29 is 19.3 Å². The molecule has 5 heterocycles. The van der Waals surface area contributed by atoms with Gasteiger partial charge in [-0.2, -0.15) is 4.98 Å². The first-order chi connectivity index (χ1) is 17.7. The van der Waals surface area contributed by atoms with E-state index in [4.69, 9.17) is 25.8 Å². The lowest BCUT2D eigenvalue weighted by Gasteiger charge is -2.15. The summed E-state index contributed by atoms with van der Waals surface area (Å²) in [5, 5.41) is 18.9. The summed E-state index contributed by atoms with van der Waals surface area (Å²) in [6, 6.07) is 13.6. The van der Waals surface area contributed by atoms with Crippen LogP contribution < -0.4 is 9.46 Å². The van der Waals surface area contributed by atoms with E-state index in [2.05, 4.69) is 41.6 Å². The molecular weight excluding hydrogens is 516 g/mol. The molecule has 2 fully saturated rings. The van der Waals surface area contributed by atoms with E-state index in [0.29, 0.717) is 40.3 Å². The quantitative estimate of drug-likeness (QED) is 0.316. The maximum atomic E-state index is 9.93. The molecule has 4 aromatic rings. The Balaban J connectivity index is 1.21. The van der Waals surface area contributed by atoms with Crippen molar-refractivity contribution in [1.29, 1.82) is 0 Å². The fraction of sp³-hybridized carbons (Fsp3) is 0.280. The highest BCUT2D eigenvalue weighted by molar-refractivity contribution is 8.28. The Hall–Kier alpha value is -3.22. The fourth-order valence-corrected chi connectivity index (χ4v) is 5.31. The summed E-state index contributed by atoms with van der Waals surface area (Å²) >= 11 is 6.58. The predicted molar refractivity (Wildman–Crippen MR) is 147 cm³/mol. The number of aromatic nitrogens is 5. The van der Waals surface area contributed by atoms with Crippen molar-refractivity contribution in [2.24, 2.45) is 0 Å². The van der Waals surface area contributed by atoms with Crippen molar-refractivity contribution in [3.8, 4) is 28.5 Å². The molecule has 6 rings (SSSR count). The topological polar surface area (TPSA) is 127 Å². The van der Waals surface area contributed by atoms with Gasteiger partial charge in [0.05, 0.1) is 35.1 Å². The number of nitrogens with one attached hydrogen (secondary N) is 2. The number of hydrogen-bond donors (Lipinski definition) is 3. The van der Waals surface area contributed by atoms with Crippen LogP contribution in [0.1, 0.15) is 0 Å². The smallest absolute Gasteiger partial charge is 0.296 e. The first kappa shape index (κ1) is 24.1. The zero-order valence-corrected chi connectivity index (χ0v) is 21.5. The Labute approximate surface area is 218 Å². The summed E-state index contributed by atoms with van der Waals surface area (Å²) in [6.07, 6.45) is 0.207. The summed E-state index contributed by atoms with van der Waals surface area (Å²) in [7, 11) is -1.43. The highest BCUT2D eigenvalue weighted by Crippen LogP contribution is 2.33. The molecule has 0 saturated carbocycles. The van der Waals surface area contributed by atoms with E-state index in [0.717, 1.165) is 16.8 Å². The third kappa shape index (κ3) is 4.88. The summed E-state index contributed by atoms with van der Waals surface area (Å²) in [5.74, 6) is 8.63. The Morgan fingerprint density at radius 2 is 1.81 bits per heavy atom. The minimum absolute atomic E-state index is 0.233. The molecule has 0 spiro atoms. The first-order valence-electron chi connectivity index (χ1n) is 11.5. The normalized spacial score (nSPS) is 23.3. The van der Waals surface area contributed by atoms with Gasteiger partial charge in [-0.25, -0.2) is 4.98 Å². The zero-order valence-electron chi connectivity index (χ0n) is 19.9. The number of benzene rings is 1. The van der Waals surface area contributed by atoms with Crippen LogP contribution in [0.2, 0.25) is 5.02 Å². The van der Waals surface area contributed by atoms with Gasteiger partial charge in [0.1, 0.15) is 18.3 Å². The van der Waals surface area contributed by atoms with Crippen molar-refractivity contribution in [3.63, 3.8) is 0 Å². The molecule has 192 valence electrons. The van der Waals surface area contributed by atoms with Crippen LogP contribution in [-0.2, 0) is 9.47 Å². The van der Waals surface area contributed by atoms with Crippen LogP contribution in [0.3, 0.4) is 0 Å². The monoisotopic (exact) mass is 540 g/mol. The van der Waals surface area contributed by atoms with Crippen LogP contribution in [0, 0.1) is 0 Å². The number of aliphatic hydroxyl groups excluding tert-OH is 1. The minimum atomic E-state index is -1.43. The number of halogens is 1. The molecule has 10 nitrogen and oxygen atoms in total. The average Bonchev–Trinajstić information content (AvgIpc) is 3.55. The standard InChI is InChI=1S/C25H25ClN6O4S/c1-37(2,3)32-20-9-8-16(30-31-20)13-4-6-14(7-5-13)21-15(26)10-17-24(28-21)29-25(27-17)36-19-12-35-22-18(33)11-34-23(19)22/h4-10,18-19,22-23,33H,1-2,11-12H2,3H3,(H,31,32)(H,27,28,29). The van der Waals surface area contributed by atoms with Gasteiger partial charge in [0.15, 0.2) is 17.6 Å². The van der Waals surface area contributed by atoms with Crippen LogP contribution in [0.15, 0.2) is 42.5 Å². The van der Waals surface area contributed by atoms with Crippen molar-refractivity contribution in [1.82, 2.24) is 25.1 Å². The van der Waals surface area contributed by atoms with Crippen LogP contribution in [-0.4, -0.2) is 85.9 Å². The van der Waals surface area contributed by atoms with E-state index in [-0.39, 0.29) is 24.9 Å². The number of anilines is 1. The van der Waals surface area contributed by atoms with Crippen molar-refractivity contribution in [2.45, 2.75) is 24.4 Å². The second-order valence-electron chi connectivity index (χ2n) is 9.31. The van der Waals surface area contributed by atoms with Crippen LogP contribution in [0.5, 0.6) is 6.01 Å². The summed E-state index contributed by atoms with van der Waals surface area (Å²) in [5.41, 5.74) is 4.20. The molecule has 2 saturated heterocycles. The molecule has 2 aliphatic rings. The van der Waals surface area contributed by atoms with Crippen LogP contribution >= 0.6 is 21.0 Å². The van der Waals surface area contributed by atoms with Crippen LogP contribution in [0.25, 0.3) is 33.7 Å². The lowest BCUT2D eigenvalue weighted by molar-refractivity contribution is 0.00706. The first-order valence-corrected chi connectivity index (χ1v) is 14.3. The predicted octanol–water partition coefficient (Wildman–Crippen LogP) is 3.27. The number of ether oxygens (including phenoxy) is 3. The number of H-pyrrole nitrogens is 1. The van der Waals surface area contributed by atoms with Gasteiger partial charge in [0.2, 0.25) is 0 Å². The number of fused-ring (bicyclic) bond motifs is 2. The number of pyridine rings is 1. The molecule has 0 bridgehead atoms. The molecule has 3 aromatic heterocycles. The van der Waals surface area contributed by atoms with Crippen LogP contribution in [0.4, 0.5) is 5.82 Å². The number of imidazole rings is 1. The summed E-state index contributed by atoms with van der Waals surface area (Å²) in [4.78, 5) is 12.2. The van der Waals surface area contributed by atoms with Crippen molar-refractivity contribution >= 4 is 49.7 Å². The lowest BCUT2D eigenvalue weighted by atomic mass is 10.1. The third-order valence-corrected chi connectivity index (χ3v) is 7.11. The molecule has 4 atom stereocenters. The maximum Gasteiger partial charge on any atom is 0.296 e. The van der Waals surface area contributed by atoms with E-state index >= 15 is 0 Å². The molecule has 1 aromatic carbocycles. The molecule has 0 aliphatic carbocycles. The largest absolute Gasteiger partial charge is 0.456 e. The third-order valence-electron chi connectivity index (χ3n) is 6.12. The molecular formula is C25H25ClN6O4S. The second kappa shape index (κ2) is 9.26. The highest BCUT2D eigenvalue weighted by Gasteiger charge is 2.48. The number of nitrogens with zero attached hydrogens (tertiary/aromatic N) is 4. The summed E-state index contributed by atoms with van der Waals surface area (Å²) < 4.78 is 20.4. The second-order valence-corrected chi connectivity index (χ2v) is 12.5. The number of aliphatic hydroxyl groups is 1. The number of rotatable bonds is 6. The van der Waals surface area contributed by atoms with E-state index in [1.807, 2.05) is 42.7 Å². The van der Waals surface area contributed by atoms with Gasteiger partial charge in [0, 0.05) is 11.1 Å². The van der Waals surface area contributed by atoms with Gasteiger partial charge in [-0.15, -0.1) is 19.6 Å². The molecule has 3 N–H and O–H groups in total. The van der Waals surface area contributed by atoms with E-state index in [1.165, 1.54) is 0 Å². The van der Waals surface area contributed by atoms with E-state index in [9.17, 15) is 5.11 Å². The van der Waals surface area contributed by atoms with Gasteiger partial charge in [-0.05, 0) is 24.5 Å². The molecule has 4 unspecified atom stereocenters. The Morgan fingerprint density at radius 1 is 1.05 bits per heavy atom. The lowest BCUT2D eigenvalue weighted by Crippen LogP contribution is -2.34. The van der Waals surface area contributed by atoms with Gasteiger partial charge >= 0.3 is 0 Å². The van der Waals surface area contributed by atoms with E-state index in [1.54, 1.807) is 6.07 Å². The molecule has 0 amide bonds. The minimum Gasteiger partial charge on any atom is -0.456 e. The van der Waals surface area contributed by atoms with Gasteiger partial charge in [0.25, 0.3) is 6.01 Å². The number of aromatic amines is 1. The Morgan fingerprint density at radius 3 is 2.54 bits per heavy atom. The molecule has 2 aliphatic heterocycles. The maximum absolute atomic E-state index is 9.93. The van der Waals surface area contributed by atoms with Gasteiger partial charge < -0.3 is 29.0 Å². The SMILES string of the molecule is C=S(=C)(C)Nc1ccc(-c2ccc(-c3nc4nc(OC5COC6C(O)COC56)[nH]c4cc3Cl)cc2)nn1. The van der Waals surface area contributed by atoms with Crippen molar-refractivity contribution in [3.05, 3.63) is 47.5 Å². The average molecular weight is 541 g/mol. The Bertz CT molecular complexity index is 1560. The van der Waals surface area contributed by atoms with Gasteiger partial charge in [-0.1, -0.05) is 47.6 Å². The highest BCUT2D eigenvalue weighted by atomic mass is 35.5. The summed E-state index contributed by atoms with van der Waals surface area (Å²) in [6.45, 7) is 0.544. The zero-order chi connectivity index (χ0) is 25.7. The molecule has 0 radical (unpaired) electrons. The Kier molecular flexibility index (Phi) is 6.04. The van der Waals surface area contributed by atoms with Crippen molar-refractivity contribution in [2.75, 3.05) is 24.2 Å². The molecule has 37 heavy (non-hydrogen) atoms. The fourth-order valence-electron chi connectivity index (χ4n) is 4.43. The van der Waals surface area contributed by atoms with Gasteiger partial charge in [-0.3, -0.25) is 0 Å². The molecule has 12 heteroatoms. The van der Waals surface area contributed by atoms with E-state index < -0.39 is 15.5 Å². The number of hydrogen-bond acceptors (Lipinski definition) is 9.